The lowest BCUT2D eigenvalue weighted by molar-refractivity contribution is -0.120. The number of fused-ring (bicyclic) bond motifs is 1. The van der Waals surface area contributed by atoms with Crippen molar-refractivity contribution >= 4 is 28.1 Å². The summed E-state index contributed by atoms with van der Waals surface area (Å²) in [6, 6.07) is 23.8. The van der Waals surface area contributed by atoms with Gasteiger partial charge in [-0.15, -0.1) is 0 Å². The van der Waals surface area contributed by atoms with E-state index in [1.54, 1.807) is 0 Å². The van der Waals surface area contributed by atoms with Crippen LogP contribution in [0.5, 0.6) is 0 Å². The number of nitriles is 1. The Bertz CT molecular complexity index is 1070. The van der Waals surface area contributed by atoms with E-state index in [0.29, 0.717) is 5.56 Å². The average molecular weight is 399 g/mol. The van der Waals surface area contributed by atoms with E-state index in [0.717, 1.165) is 54.7 Å². The van der Waals surface area contributed by atoms with Crippen molar-refractivity contribution < 1.29 is 4.79 Å². The lowest BCUT2D eigenvalue weighted by atomic mass is 10.1. The predicted molar refractivity (Wildman–Crippen MR) is 122 cm³/mol. The summed E-state index contributed by atoms with van der Waals surface area (Å²) in [5, 5.41) is 14.3. The second-order valence-electron chi connectivity index (χ2n) is 7.73. The molecule has 30 heavy (non-hydrogen) atoms. The van der Waals surface area contributed by atoms with Crippen molar-refractivity contribution in [1.82, 2.24) is 4.90 Å². The number of anilines is 2. The minimum Gasteiger partial charge on any atom is -0.370 e. The summed E-state index contributed by atoms with van der Waals surface area (Å²) >= 11 is 0. The Balaban J connectivity index is 1.41. The van der Waals surface area contributed by atoms with Gasteiger partial charge in [-0.05, 0) is 49.1 Å². The van der Waals surface area contributed by atoms with Crippen LogP contribution in [0.15, 0.2) is 66.7 Å². The van der Waals surface area contributed by atoms with Gasteiger partial charge in [-0.3, -0.25) is 9.69 Å². The van der Waals surface area contributed by atoms with Gasteiger partial charge in [0.2, 0.25) is 5.91 Å². The molecule has 0 radical (unpaired) electrons. The van der Waals surface area contributed by atoms with Crippen LogP contribution in [0.2, 0.25) is 0 Å². The zero-order chi connectivity index (χ0) is 20.9. The van der Waals surface area contributed by atoms with Crippen molar-refractivity contribution in [3.8, 4) is 6.07 Å². The number of hydrogen-bond acceptors (Lipinski definition) is 4. The molecule has 1 heterocycles. The quantitative estimate of drug-likeness (QED) is 0.714. The number of nitrogens with one attached hydrogen (secondary N) is 1. The Morgan fingerprint density at radius 3 is 2.53 bits per heavy atom. The van der Waals surface area contributed by atoms with E-state index in [9.17, 15) is 4.79 Å². The molecule has 1 aliphatic heterocycles. The van der Waals surface area contributed by atoms with Gasteiger partial charge in [0.1, 0.15) is 0 Å². The second kappa shape index (κ2) is 8.98. The molecule has 1 atom stereocenters. The van der Waals surface area contributed by atoms with E-state index in [4.69, 9.17) is 5.26 Å². The minimum atomic E-state index is -0.204. The van der Waals surface area contributed by atoms with Gasteiger partial charge in [0.15, 0.2) is 0 Å². The molecule has 5 nitrogen and oxygen atoms in total. The average Bonchev–Trinajstić information content (AvgIpc) is 3.05. The molecule has 3 aromatic carbocycles. The monoisotopic (exact) mass is 398 g/mol. The first-order chi connectivity index (χ1) is 14.7. The summed E-state index contributed by atoms with van der Waals surface area (Å²) in [6.45, 7) is 5.50. The molecule has 1 saturated heterocycles. The Morgan fingerprint density at radius 1 is 0.967 bits per heavy atom. The molecule has 0 saturated carbocycles. The van der Waals surface area contributed by atoms with E-state index < -0.39 is 0 Å². The van der Waals surface area contributed by atoms with Gasteiger partial charge in [0.25, 0.3) is 0 Å². The van der Waals surface area contributed by atoms with Gasteiger partial charge in [0, 0.05) is 42.9 Å². The molecule has 4 rings (SSSR count). The van der Waals surface area contributed by atoms with Crippen molar-refractivity contribution in [2.75, 3.05) is 36.4 Å². The largest absolute Gasteiger partial charge is 0.370 e. The highest BCUT2D eigenvalue weighted by Crippen LogP contribution is 2.24. The molecule has 1 amide bonds. The molecule has 1 unspecified atom stereocenters. The standard InChI is InChI=1S/C25H26N4O/c1-19(25(30)27-24-9-4-7-21-6-2-3-8-23(21)24)28-14-5-15-29(17-16-28)22-12-10-20(18-26)11-13-22/h2-4,6-13,19H,5,14-17H2,1H3,(H,27,30). The van der Waals surface area contributed by atoms with Crippen molar-refractivity contribution in [3.63, 3.8) is 0 Å². The molecule has 0 bridgehead atoms. The molecule has 1 fully saturated rings. The molecule has 152 valence electrons. The van der Waals surface area contributed by atoms with E-state index in [-0.39, 0.29) is 11.9 Å². The fraction of sp³-hybridized carbons (Fsp3) is 0.280. The summed E-state index contributed by atoms with van der Waals surface area (Å²) in [5.74, 6) is 0.0261. The highest BCUT2D eigenvalue weighted by Gasteiger charge is 2.24. The van der Waals surface area contributed by atoms with Crippen molar-refractivity contribution in [3.05, 3.63) is 72.3 Å². The number of benzene rings is 3. The van der Waals surface area contributed by atoms with Gasteiger partial charge in [-0.1, -0.05) is 36.4 Å². The smallest absolute Gasteiger partial charge is 0.241 e. The molecule has 0 aromatic heterocycles. The number of hydrogen-bond donors (Lipinski definition) is 1. The summed E-state index contributed by atoms with van der Waals surface area (Å²) in [4.78, 5) is 17.6. The van der Waals surface area contributed by atoms with E-state index >= 15 is 0 Å². The molecule has 1 aliphatic rings. The summed E-state index contributed by atoms with van der Waals surface area (Å²) in [6.07, 6.45) is 0.992. The lowest BCUT2D eigenvalue weighted by Crippen LogP contribution is -2.44. The summed E-state index contributed by atoms with van der Waals surface area (Å²) in [7, 11) is 0. The van der Waals surface area contributed by atoms with Gasteiger partial charge < -0.3 is 10.2 Å². The molecule has 5 heteroatoms. The Labute approximate surface area is 177 Å². The van der Waals surface area contributed by atoms with Crippen LogP contribution in [-0.4, -0.2) is 43.0 Å². The van der Waals surface area contributed by atoms with Crippen molar-refractivity contribution in [2.45, 2.75) is 19.4 Å². The third-order valence-corrected chi connectivity index (χ3v) is 5.87. The number of rotatable bonds is 4. The van der Waals surface area contributed by atoms with Crippen molar-refractivity contribution in [2.24, 2.45) is 0 Å². The fourth-order valence-corrected chi connectivity index (χ4v) is 4.07. The SMILES string of the molecule is CC(C(=O)Nc1cccc2ccccc12)N1CCCN(c2ccc(C#N)cc2)CC1. The van der Waals surface area contributed by atoms with Gasteiger partial charge in [-0.25, -0.2) is 0 Å². The van der Waals surface area contributed by atoms with Gasteiger partial charge in [-0.2, -0.15) is 5.26 Å². The molecule has 0 aliphatic carbocycles. The van der Waals surface area contributed by atoms with Crippen LogP contribution >= 0.6 is 0 Å². The van der Waals surface area contributed by atoms with Gasteiger partial charge >= 0.3 is 0 Å². The molecular formula is C25H26N4O. The van der Waals surface area contributed by atoms with Crippen LogP contribution in [0.1, 0.15) is 18.9 Å². The first-order valence-corrected chi connectivity index (χ1v) is 10.4. The first-order valence-electron chi connectivity index (χ1n) is 10.4. The minimum absolute atomic E-state index is 0.0261. The van der Waals surface area contributed by atoms with Crippen LogP contribution in [-0.2, 0) is 4.79 Å². The van der Waals surface area contributed by atoms with Crippen LogP contribution in [0.4, 0.5) is 11.4 Å². The van der Waals surface area contributed by atoms with Crippen LogP contribution in [0.25, 0.3) is 10.8 Å². The topological polar surface area (TPSA) is 59.4 Å². The number of carbonyl (C=O) groups excluding carboxylic acids is 1. The molecular weight excluding hydrogens is 372 g/mol. The Morgan fingerprint density at radius 2 is 1.73 bits per heavy atom. The summed E-state index contributed by atoms with van der Waals surface area (Å²) < 4.78 is 0. The van der Waals surface area contributed by atoms with E-state index in [1.165, 1.54) is 0 Å². The maximum atomic E-state index is 13.0. The normalized spacial score (nSPS) is 15.9. The third-order valence-electron chi connectivity index (χ3n) is 5.87. The molecule has 0 spiro atoms. The van der Waals surface area contributed by atoms with Crippen molar-refractivity contribution in [1.29, 1.82) is 5.26 Å². The second-order valence-corrected chi connectivity index (χ2v) is 7.73. The number of carbonyl (C=O) groups is 1. The Kier molecular flexibility index (Phi) is 5.97. The van der Waals surface area contributed by atoms with Crippen LogP contribution < -0.4 is 10.2 Å². The summed E-state index contributed by atoms with van der Waals surface area (Å²) in [5.41, 5.74) is 2.66. The molecule has 1 N–H and O–H groups in total. The zero-order valence-electron chi connectivity index (χ0n) is 17.2. The Hall–Kier alpha value is -3.36. The highest BCUT2D eigenvalue weighted by molar-refractivity contribution is 6.03. The zero-order valence-corrected chi connectivity index (χ0v) is 17.2. The van der Waals surface area contributed by atoms with E-state index in [1.807, 2.05) is 61.5 Å². The molecule has 3 aromatic rings. The predicted octanol–water partition coefficient (Wildman–Crippen LogP) is 4.25. The lowest BCUT2D eigenvalue weighted by Gasteiger charge is -2.27. The van der Waals surface area contributed by atoms with Gasteiger partial charge in [0.05, 0.1) is 17.7 Å². The highest BCUT2D eigenvalue weighted by atomic mass is 16.2. The maximum Gasteiger partial charge on any atom is 0.241 e. The van der Waals surface area contributed by atoms with E-state index in [2.05, 4.69) is 33.3 Å². The van der Waals surface area contributed by atoms with Crippen LogP contribution in [0.3, 0.4) is 0 Å². The fourth-order valence-electron chi connectivity index (χ4n) is 4.07. The number of nitrogens with zero attached hydrogens (tertiary/aromatic N) is 3. The third kappa shape index (κ3) is 4.29. The first kappa shape index (κ1) is 19.9. The van der Waals surface area contributed by atoms with Crippen LogP contribution in [0, 0.1) is 11.3 Å². The maximum absolute atomic E-state index is 13.0. The number of amides is 1.